The molecule has 1 saturated heterocycles. The molecule has 1 heterocycles. The van der Waals surface area contributed by atoms with E-state index in [4.69, 9.17) is 4.74 Å². The number of hydrogen-bond donors (Lipinski definition) is 1. The van der Waals surface area contributed by atoms with Crippen LogP contribution in [0.1, 0.15) is 19.8 Å². The van der Waals surface area contributed by atoms with Crippen molar-refractivity contribution in [2.45, 2.75) is 30.6 Å². The maximum atomic E-state index is 12.3. The number of carbonyl (C=O) groups is 1. The Labute approximate surface area is 126 Å². The smallest absolute Gasteiger partial charge is 0.332 e. The largest absolute Gasteiger partial charge is 0.467 e. The first-order valence-electron chi connectivity index (χ1n) is 6.32. The first-order chi connectivity index (χ1) is 9.08. The summed E-state index contributed by atoms with van der Waals surface area (Å²) >= 11 is 5.27. The normalized spacial score (nSPS) is 26.8. The van der Waals surface area contributed by atoms with E-state index in [-0.39, 0.29) is 11.2 Å². The van der Waals surface area contributed by atoms with Crippen LogP contribution in [0, 0.1) is 0 Å². The lowest BCUT2D eigenvalue weighted by Crippen LogP contribution is -2.55. The number of carbonyl (C=O) groups excluding carboxylic acids is 1. The van der Waals surface area contributed by atoms with E-state index in [1.165, 1.54) is 7.11 Å². The molecule has 0 aliphatic carbocycles. The maximum absolute atomic E-state index is 12.3. The quantitative estimate of drug-likeness (QED) is 0.849. The molecule has 19 heavy (non-hydrogen) atoms. The van der Waals surface area contributed by atoms with Crippen LogP contribution in [0.25, 0.3) is 0 Å². The molecule has 0 amide bonds. The van der Waals surface area contributed by atoms with E-state index >= 15 is 0 Å². The van der Waals surface area contributed by atoms with Gasteiger partial charge in [-0.15, -0.1) is 0 Å². The number of hydrogen-bond acceptors (Lipinski definition) is 4. The lowest BCUT2D eigenvalue weighted by Gasteiger charge is -2.40. The summed E-state index contributed by atoms with van der Waals surface area (Å²) in [4.78, 5) is 12.3. The molecule has 1 aromatic carbocycles. The van der Waals surface area contributed by atoms with Gasteiger partial charge in [0.15, 0.2) is 0 Å². The van der Waals surface area contributed by atoms with Gasteiger partial charge in [-0.05, 0) is 36.8 Å². The average Bonchev–Trinajstić information content (AvgIpc) is 2.40. The van der Waals surface area contributed by atoms with Crippen molar-refractivity contribution >= 4 is 39.3 Å². The topological polar surface area (TPSA) is 38.3 Å². The highest BCUT2D eigenvalue weighted by Gasteiger charge is 2.46. The summed E-state index contributed by atoms with van der Waals surface area (Å²) in [5.41, 5.74) is 0.312. The minimum Gasteiger partial charge on any atom is -0.467 e. The van der Waals surface area contributed by atoms with Crippen LogP contribution in [0.4, 0.5) is 5.69 Å². The minimum atomic E-state index is -0.627. The Kier molecular flexibility index (Phi) is 4.79. The van der Waals surface area contributed by atoms with E-state index in [2.05, 4.69) is 28.2 Å². The molecule has 1 aliphatic heterocycles. The Morgan fingerprint density at radius 3 is 3.00 bits per heavy atom. The van der Waals surface area contributed by atoms with Gasteiger partial charge in [-0.25, -0.2) is 4.79 Å². The Hall–Kier alpha value is -0.680. The van der Waals surface area contributed by atoms with Gasteiger partial charge in [0.25, 0.3) is 0 Å². The molecule has 5 heteroatoms. The molecule has 0 aromatic heterocycles. The molecule has 1 aromatic rings. The molecule has 0 spiro atoms. The maximum Gasteiger partial charge on any atom is 0.332 e. The summed E-state index contributed by atoms with van der Waals surface area (Å²) < 4.78 is 6.03. The van der Waals surface area contributed by atoms with Gasteiger partial charge in [0, 0.05) is 15.4 Å². The van der Waals surface area contributed by atoms with Crippen LogP contribution in [0.5, 0.6) is 0 Å². The molecule has 0 saturated carbocycles. The summed E-state index contributed by atoms with van der Waals surface area (Å²) in [6.07, 6.45) is 1.82. The van der Waals surface area contributed by atoms with Gasteiger partial charge in [-0.1, -0.05) is 28.9 Å². The summed E-state index contributed by atoms with van der Waals surface area (Å²) in [5, 5.41) is 3.60. The first kappa shape index (κ1) is 14.7. The summed E-state index contributed by atoms with van der Waals surface area (Å²) in [5.74, 6) is 0.923. The number of anilines is 1. The van der Waals surface area contributed by atoms with Crippen LogP contribution in [0.3, 0.4) is 0 Å². The van der Waals surface area contributed by atoms with Crippen LogP contribution in [-0.2, 0) is 9.53 Å². The molecule has 3 nitrogen and oxygen atoms in total. The van der Waals surface area contributed by atoms with Crippen molar-refractivity contribution < 1.29 is 9.53 Å². The molecule has 0 radical (unpaired) electrons. The van der Waals surface area contributed by atoms with Crippen molar-refractivity contribution in [1.82, 2.24) is 0 Å². The van der Waals surface area contributed by atoms with Crippen molar-refractivity contribution in [2.24, 2.45) is 0 Å². The number of thioether (sulfide) groups is 1. The minimum absolute atomic E-state index is 0.174. The number of methoxy groups -OCH3 is 1. The third kappa shape index (κ3) is 3.08. The number of esters is 1. The van der Waals surface area contributed by atoms with Gasteiger partial charge in [0.2, 0.25) is 0 Å². The molecule has 104 valence electrons. The van der Waals surface area contributed by atoms with Gasteiger partial charge in [0.1, 0.15) is 5.54 Å². The highest BCUT2D eigenvalue weighted by atomic mass is 79.9. The monoisotopic (exact) mass is 343 g/mol. The second kappa shape index (κ2) is 6.18. The fraction of sp³-hybridized carbons (Fsp3) is 0.500. The molecular weight excluding hydrogens is 326 g/mol. The summed E-state index contributed by atoms with van der Waals surface area (Å²) in [6.45, 7) is 2.09. The molecule has 2 rings (SSSR count). The molecule has 1 aliphatic rings. The zero-order valence-electron chi connectivity index (χ0n) is 11.1. The van der Waals surface area contributed by atoms with Crippen molar-refractivity contribution in [3.63, 3.8) is 0 Å². The van der Waals surface area contributed by atoms with E-state index in [9.17, 15) is 4.79 Å². The van der Waals surface area contributed by atoms with E-state index in [0.717, 1.165) is 28.8 Å². The van der Waals surface area contributed by atoms with Crippen molar-refractivity contribution in [1.29, 1.82) is 0 Å². The first-order valence-corrected chi connectivity index (χ1v) is 8.16. The number of rotatable bonds is 3. The Balaban J connectivity index is 2.30. The fourth-order valence-corrected chi connectivity index (χ4v) is 4.07. The Morgan fingerprint density at radius 1 is 1.58 bits per heavy atom. The highest BCUT2D eigenvalue weighted by molar-refractivity contribution is 9.10. The lowest BCUT2D eigenvalue weighted by atomic mass is 9.89. The SMILES string of the molecule is COC(=O)C1(Nc2cccc(Br)c2)CCCSC1C. The number of nitrogens with one attached hydrogen (secondary N) is 1. The third-order valence-electron chi connectivity index (χ3n) is 3.52. The third-order valence-corrected chi connectivity index (χ3v) is 5.44. The van der Waals surface area contributed by atoms with Crippen LogP contribution < -0.4 is 5.32 Å². The van der Waals surface area contributed by atoms with Crippen LogP contribution >= 0.6 is 27.7 Å². The van der Waals surface area contributed by atoms with E-state index in [1.807, 2.05) is 36.0 Å². The van der Waals surface area contributed by atoms with Crippen molar-refractivity contribution in [2.75, 3.05) is 18.2 Å². The van der Waals surface area contributed by atoms with Gasteiger partial charge >= 0.3 is 5.97 Å². The second-order valence-corrected chi connectivity index (χ2v) is 7.08. The number of benzene rings is 1. The summed E-state index contributed by atoms with van der Waals surface area (Å²) in [6, 6.07) is 7.88. The van der Waals surface area contributed by atoms with Gasteiger partial charge in [-0.2, -0.15) is 11.8 Å². The van der Waals surface area contributed by atoms with Gasteiger partial charge in [0.05, 0.1) is 7.11 Å². The van der Waals surface area contributed by atoms with Gasteiger partial charge in [-0.3, -0.25) is 0 Å². The van der Waals surface area contributed by atoms with E-state index in [0.29, 0.717) is 0 Å². The van der Waals surface area contributed by atoms with Crippen LogP contribution in [0.15, 0.2) is 28.7 Å². The molecule has 1 fully saturated rings. The molecule has 2 atom stereocenters. The molecule has 1 N–H and O–H groups in total. The second-order valence-electron chi connectivity index (χ2n) is 4.71. The van der Waals surface area contributed by atoms with Gasteiger partial charge < -0.3 is 10.1 Å². The van der Waals surface area contributed by atoms with E-state index < -0.39 is 5.54 Å². The predicted octanol–water partition coefficient (Wildman–Crippen LogP) is 3.69. The zero-order valence-corrected chi connectivity index (χ0v) is 13.5. The number of halogens is 1. The zero-order chi connectivity index (χ0) is 13.9. The number of ether oxygens (including phenoxy) is 1. The highest BCUT2D eigenvalue weighted by Crippen LogP contribution is 2.37. The molecular formula is C14H18BrNO2S. The van der Waals surface area contributed by atoms with Crippen LogP contribution in [0.2, 0.25) is 0 Å². The Bertz CT molecular complexity index is 469. The standard InChI is InChI=1S/C14H18BrNO2S/c1-10-14(13(17)18-2,7-4-8-19-10)16-12-6-3-5-11(15)9-12/h3,5-6,9-10,16H,4,7-8H2,1-2H3. The fourth-order valence-electron chi connectivity index (χ4n) is 2.45. The van der Waals surface area contributed by atoms with Crippen molar-refractivity contribution in [3.05, 3.63) is 28.7 Å². The van der Waals surface area contributed by atoms with Crippen LogP contribution in [-0.4, -0.2) is 29.6 Å². The summed E-state index contributed by atoms with van der Waals surface area (Å²) in [7, 11) is 1.46. The van der Waals surface area contributed by atoms with Crippen molar-refractivity contribution in [3.8, 4) is 0 Å². The predicted molar refractivity (Wildman–Crippen MR) is 83.7 cm³/mol. The molecule has 2 unspecified atom stereocenters. The molecule has 0 bridgehead atoms. The van der Waals surface area contributed by atoms with E-state index in [1.54, 1.807) is 0 Å². The average molecular weight is 344 g/mol. The lowest BCUT2D eigenvalue weighted by molar-refractivity contribution is -0.146. The Morgan fingerprint density at radius 2 is 2.37 bits per heavy atom.